The lowest BCUT2D eigenvalue weighted by atomic mass is 10.1. The van der Waals surface area contributed by atoms with Crippen LogP contribution in [0.25, 0.3) is 0 Å². The van der Waals surface area contributed by atoms with Crippen LogP contribution >= 0.6 is 0 Å². The van der Waals surface area contributed by atoms with E-state index in [1.807, 2.05) is 0 Å². The van der Waals surface area contributed by atoms with Gasteiger partial charge >= 0.3 is 6.18 Å². The van der Waals surface area contributed by atoms with Crippen LogP contribution in [-0.2, 0) is 11.0 Å². The molecule has 1 N–H and O–H groups in total. The molecule has 74 valence electrons. The van der Waals surface area contributed by atoms with E-state index in [0.29, 0.717) is 0 Å². The number of aromatic hydroxyl groups is 1. The fraction of sp³-hybridized carbons (Fsp3) is 0.125. The second-order valence-electron chi connectivity index (χ2n) is 2.37. The van der Waals surface area contributed by atoms with Crippen molar-refractivity contribution >= 4 is 11.8 Å². The van der Waals surface area contributed by atoms with Crippen LogP contribution in [0.1, 0.15) is 5.56 Å². The molecule has 0 heterocycles. The Morgan fingerprint density at radius 3 is 2.50 bits per heavy atom. The van der Waals surface area contributed by atoms with E-state index in [0.717, 1.165) is 24.3 Å². The molecule has 0 aromatic heterocycles. The number of hydrogen-bond acceptors (Lipinski definition) is 3. The van der Waals surface area contributed by atoms with E-state index < -0.39 is 23.2 Å². The molecule has 1 aromatic rings. The average Bonchev–Trinajstić information content (AvgIpc) is 2.02. The minimum Gasteiger partial charge on any atom is -0.507 e. The van der Waals surface area contributed by atoms with Gasteiger partial charge in [0.05, 0.1) is 5.69 Å². The molecule has 0 aliphatic rings. The van der Waals surface area contributed by atoms with Gasteiger partial charge in [0.2, 0.25) is 6.08 Å². The maximum atomic E-state index is 12.3. The smallest absolute Gasteiger partial charge is 0.422 e. The third-order valence-electron chi connectivity index (χ3n) is 1.47. The molecule has 0 saturated carbocycles. The predicted molar refractivity (Wildman–Crippen MR) is 40.9 cm³/mol. The molecule has 0 aliphatic carbocycles. The number of nitrogens with zero attached hydrogens (tertiary/aromatic N) is 1. The summed E-state index contributed by atoms with van der Waals surface area (Å²) in [5.41, 5.74) is -1.98. The molecular weight excluding hydrogens is 199 g/mol. The molecule has 0 unspecified atom stereocenters. The van der Waals surface area contributed by atoms with E-state index in [2.05, 4.69) is 4.99 Å². The van der Waals surface area contributed by atoms with Crippen LogP contribution < -0.4 is 0 Å². The third kappa shape index (κ3) is 1.92. The fourth-order valence-corrected chi connectivity index (χ4v) is 0.961. The van der Waals surface area contributed by atoms with Gasteiger partial charge in [-0.1, -0.05) is 6.07 Å². The van der Waals surface area contributed by atoms with Crippen LogP contribution in [0, 0.1) is 0 Å². The topological polar surface area (TPSA) is 49.7 Å². The van der Waals surface area contributed by atoms with E-state index in [-0.39, 0.29) is 0 Å². The molecule has 0 atom stereocenters. The summed E-state index contributed by atoms with van der Waals surface area (Å²) in [6.45, 7) is 0. The van der Waals surface area contributed by atoms with Crippen LogP contribution in [0.4, 0.5) is 18.9 Å². The summed E-state index contributed by atoms with van der Waals surface area (Å²) in [7, 11) is 0. The van der Waals surface area contributed by atoms with Crippen LogP contribution in [0.2, 0.25) is 0 Å². The third-order valence-corrected chi connectivity index (χ3v) is 1.47. The van der Waals surface area contributed by atoms with Crippen molar-refractivity contribution in [3.8, 4) is 5.75 Å². The van der Waals surface area contributed by atoms with Gasteiger partial charge in [-0.2, -0.15) is 18.2 Å². The fourth-order valence-electron chi connectivity index (χ4n) is 0.961. The molecule has 0 bridgehead atoms. The van der Waals surface area contributed by atoms with E-state index >= 15 is 0 Å². The van der Waals surface area contributed by atoms with E-state index in [1.165, 1.54) is 0 Å². The lowest BCUT2D eigenvalue weighted by molar-refractivity contribution is -0.138. The Morgan fingerprint density at radius 2 is 2.00 bits per heavy atom. The first-order chi connectivity index (χ1) is 6.46. The summed E-state index contributed by atoms with van der Waals surface area (Å²) in [6.07, 6.45) is -3.76. The molecule has 0 aliphatic heterocycles. The lowest BCUT2D eigenvalue weighted by Gasteiger charge is -2.10. The van der Waals surface area contributed by atoms with Gasteiger partial charge < -0.3 is 5.11 Å². The number of aliphatic imine (C=N–C) groups is 1. The summed E-state index contributed by atoms with van der Waals surface area (Å²) in [4.78, 5) is 12.7. The van der Waals surface area contributed by atoms with Gasteiger partial charge in [-0.25, -0.2) is 4.79 Å². The molecule has 0 radical (unpaired) electrons. The number of halogens is 3. The zero-order valence-corrected chi connectivity index (χ0v) is 6.67. The largest absolute Gasteiger partial charge is 0.507 e. The highest BCUT2D eigenvalue weighted by Gasteiger charge is 2.36. The van der Waals surface area contributed by atoms with Crippen molar-refractivity contribution in [3.63, 3.8) is 0 Å². The first-order valence-corrected chi connectivity index (χ1v) is 3.44. The molecule has 0 saturated heterocycles. The van der Waals surface area contributed by atoms with Crippen molar-refractivity contribution in [1.29, 1.82) is 0 Å². The summed E-state index contributed by atoms with van der Waals surface area (Å²) in [6, 6.07) is 2.99. The monoisotopic (exact) mass is 203 g/mol. The van der Waals surface area contributed by atoms with Gasteiger partial charge in [0.25, 0.3) is 0 Å². The molecule has 1 rings (SSSR count). The summed E-state index contributed by atoms with van der Waals surface area (Å²) in [5, 5.41) is 8.94. The summed E-state index contributed by atoms with van der Waals surface area (Å²) < 4.78 is 36.8. The highest BCUT2D eigenvalue weighted by atomic mass is 19.4. The number of alkyl halides is 3. The van der Waals surface area contributed by atoms with E-state index in [1.54, 1.807) is 0 Å². The minimum atomic E-state index is -4.75. The van der Waals surface area contributed by atoms with Crippen molar-refractivity contribution in [2.24, 2.45) is 4.99 Å². The normalized spacial score (nSPS) is 10.8. The standard InChI is InChI=1S/C8H4F3NO2/c9-8(10,11)7-5(12-4-13)2-1-3-6(7)14/h1-3,14H. The maximum Gasteiger partial charge on any atom is 0.422 e. The Morgan fingerprint density at radius 1 is 1.36 bits per heavy atom. The number of rotatable bonds is 1. The van der Waals surface area contributed by atoms with Crippen molar-refractivity contribution in [2.45, 2.75) is 6.18 Å². The zero-order chi connectivity index (χ0) is 10.8. The molecule has 0 spiro atoms. The lowest BCUT2D eigenvalue weighted by Crippen LogP contribution is -2.05. The Kier molecular flexibility index (Phi) is 2.58. The molecule has 0 fully saturated rings. The summed E-state index contributed by atoms with van der Waals surface area (Å²) >= 11 is 0. The Balaban J connectivity index is 3.44. The molecule has 6 heteroatoms. The van der Waals surface area contributed by atoms with Crippen molar-refractivity contribution in [3.05, 3.63) is 23.8 Å². The second kappa shape index (κ2) is 3.51. The minimum absolute atomic E-state index is 0.646. The Bertz CT molecular complexity index is 394. The predicted octanol–water partition coefficient (Wildman–Crippen LogP) is 2.38. The number of hydrogen-bond donors (Lipinski definition) is 1. The van der Waals surface area contributed by atoms with Crippen molar-refractivity contribution in [2.75, 3.05) is 0 Å². The molecule has 1 aromatic carbocycles. The van der Waals surface area contributed by atoms with Gasteiger partial charge in [0.15, 0.2) is 0 Å². The highest BCUT2D eigenvalue weighted by Crippen LogP contribution is 2.41. The first-order valence-electron chi connectivity index (χ1n) is 3.44. The van der Waals surface area contributed by atoms with Gasteiger partial charge in [0.1, 0.15) is 11.3 Å². The van der Waals surface area contributed by atoms with Gasteiger partial charge in [-0.3, -0.25) is 0 Å². The highest BCUT2D eigenvalue weighted by molar-refractivity contribution is 5.59. The average molecular weight is 203 g/mol. The van der Waals surface area contributed by atoms with Gasteiger partial charge in [0, 0.05) is 0 Å². The van der Waals surface area contributed by atoms with E-state index in [9.17, 15) is 18.0 Å². The second-order valence-corrected chi connectivity index (χ2v) is 2.37. The van der Waals surface area contributed by atoms with Crippen LogP contribution in [0.3, 0.4) is 0 Å². The number of isocyanates is 1. The maximum absolute atomic E-state index is 12.3. The summed E-state index contributed by atoms with van der Waals surface area (Å²) in [5.74, 6) is -0.964. The number of benzene rings is 1. The molecule has 14 heavy (non-hydrogen) atoms. The number of carbonyl (C=O) groups excluding carboxylic acids is 1. The zero-order valence-electron chi connectivity index (χ0n) is 6.67. The van der Waals surface area contributed by atoms with Gasteiger partial charge in [-0.05, 0) is 12.1 Å². The number of phenols is 1. The SMILES string of the molecule is O=C=Nc1cccc(O)c1C(F)(F)F. The molecular formula is C8H4F3NO2. The quantitative estimate of drug-likeness (QED) is 0.562. The van der Waals surface area contributed by atoms with Gasteiger partial charge in [-0.15, -0.1) is 0 Å². The first kappa shape index (κ1) is 10.3. The van der Waals surface area contributed by atoms with Crippen molar-refractivity contribution < 1.29 is 23.1 Å². The van der Waals surface area contributed by atoms with Crippen molar-refractivity contribution in [1.82, 2.24) is 0 Å². The number of phenolic OH excluding ortho intramolecular Hbond substituents is 1. The Labute approximate surface area is 76.5 Å². The van der Waals surface area contributed by atoms with Crippen LogP contribution in [-0.4, -0.2) is 11.2 Å². The van der Waals surface area contributed by atoms with E-state index in [4.69, 9.17) is 5.11 Å². The Hall–Kier alpha value is -1.81. The molecule has 0 amide bonds. The van der Waals surface area contributed by atoms with Crippen LogP contribution in [0.15, 0.2) is 23.2 Å². The molecule has 3 nitrogen and oxygen atoms in total. The van der Waals surface area contributed by atoms with Crippen LogP contribution in [0.5, 0.6) is 5.75 Å².